The summed E-state index contributed by atoms with van der Waals surface area (Å²) in [6.45, 7) is 2.45. The van der Waals surface area contributed by atoms with Crippen molar-refractivity contribution in [2.24, 2.45) is 0 Å². The van der Waals surface area contributed by atoms with E-state index in [1.807, 2.05) is 54.8 Å². The number of benzene rings is 1. The highest BCUT2D eigenvalue weighted by molar-refractivity contribution is 7.15. The number of hydrogen-bond donors (Lipinski definition) is 2. The topological polar surface area (TPSA) is 54.0 Å². The van der Waals surface area contributed by atoms with E-state index in [2.05, 4.69) is 15.6 Å². The fraction of sp³-hybridized carbons (Fsp3) is 0.125. The molecule has 0 bridgehead atoms. The average molecular weight is 329 g/mol. The van der Waals surface area contributed by atoms with Crippen molar-refractivity contribution in [1.82, 2.24) is 10.3 Å². The second kappa shape index (κ2) is 6.72. The van der Waals surface area contributed by atoms with Crippen LogP contribution >= 0.6 is 22.7 Å². The Morgan fingerprint density at radius 3 is 2.73 bits per heavy atom. The van der Waals surface area contributed by atoms with Gasteiger partial charge in [-0.3, -0.25) is 5.32 Å². The van der Waals surface area contributed by atoms with Gasteiger partial charge in [-0.25, -0.2) is 9.78 Å². The van der Waals surface area contributed by atoms with Crippen LogP contribution in [-0.2, 0) is 6.54 Å². The largest absolute Gasteiger partial charge is 0.333 e. The van der Waals surface area contributed by atoms with Crippen molar-refractivity contribution in [2.45, 2.75) is 13.5 Å². The predicted octanol–water partition coefficient (Wildman–Crippen LogP) is 4.50. The minimum atomic E-state index is -0.198. The zero-order chi connectivity index (χ0) is 15.4. The molecule has 2 aromatic heterocycles. The van der Waals surface area contributed by atoms with Gasteiger partial charge in [0.1, 0.15) is 5.01 Å². The van der Waals surface area contributed by atoms with Crippen molar-refractivity contribution < 1.29 is 4.79 Å². The number of hydrogen-bond acceptors (Lipinski definition) is 4. The van der Waals surface area contributed by atoms with Crippen molar-refractivity contribution in [3.63, 3.8) is 0 Å². The maximum Gasteiger partial charge on any atom is 0.320 e. The molecule has 0 atom stereocenters. The SMILES string of the molecule is Cc1nc(-c2ccccc2)sc1CNC(=O)Nc1cccs1. The predicted molar refractivity (Wildman–Crippen MR) is 92.5 cm³/mol. The monoisotopic (exact) mass is 329 g/mol. The van der Waals surface area contributed by atoms with Crippen molar-refractivity contribution in [2.75, 3.05) is 5.32 Å². The van der Waals surface area contributed by atoms with E-state index in [0.717, 1.165) is 26.1 Å². The molecule has 2 amide bonds. The van der Waals surface area contributed by atoms with Crippen LogP contribution in [-0.4, -0.2) is 11.0 Å². The number of nitrogens with zero attached hydrogens (tertiary/aromatic N) is 1. The van der Waals surface area contributed by atoms with E-state index in [-0.39, 0.29) is 6.03 Å². The molecular formula is C16H15N3OS2. The van der Waals surface area contributed by atoms with Crippen molar-refractivity contribution in [3.8, 4) is 10.6 Å². The minimum Gasteiger partial charge on any atom is -0.333 e. The molecule has 112 valence electrons. The molecule has 0 saturated carbocycles. The van der Waals surface area contributed by atoms with Crippen LogP contribution in [0.5, 0.6) is 0 Å². The van der Waals surface area contributed by atoms with Gasteiger partial charge in [0.15, 0.2) is 0 Å². The lowest BCUT2D eigenvalue weighted by atomic mass is 10.2. The van der Waals surface area contributed by atoms with Crippen LogP contribution in [0.1, 0.15) is 10.6 Å². The minimum absolute atomic E-state index is 0.198. The van der Waals surface area contributed by atoms with E-state index < -0.39 is 0 Å². The molecule has 0 radical (unpaired) electrons. The standard InChI is InChI=1S/C16H15N3OS2/c1-11-13(10-17-16(20)19-14-8-5-9-21-14)22-15(18-11)12-6-3-2-4-7-12/h2-9H,10H2,1H3,(H2,17,19,20). The van der Waals surface area contributed by atoms with Crippen molar-refractivity contribution >= 4 is 33.7 Å². The molecule has 0 aliphatic heterocycles. The molecule has 0 unspecified atom stereocenters. The van der Waals surface area contributed by atoms with Crippen LogP contribution < -0.4 is 10.6 Å². The third-order valence-electron chi connectivity index (χ3n) is 3.08. The first-order valence-electron chi connectivity index (χ1n) is 6.82. The highest BCUT2D eigenvalue weighted by Crippen LogP contribution is 2.27. The Bertz CT molecular complexity index is 751. The van der Waals surface area contributed by atoms with E-state index >= 15 is 0 Å². The Balaban J connectivity index is 1.63. The zero-order valence-electron chi connectivity index (χ0n) is 12.0. The number of urea groups is 1. The first kappa shape index (κ1) is 14.7. The summed E-state index contributed by atoms with van der Waals surface area (Å²) in [6.07, 6.45) is 0. The second-order valence-electron chi connectivity index (χ2n) is 4.68. The number of carbonyl (C=O) groups excluding carboxylic acids is 1. The lowest BCUT2D eigenvalue weighted by Gasteiger charge is -2.04. The number of anilines is 1. The summed E-state index contributed by atoms with van der Waals surface area (Å²) in [6, 6.07) is 13.6. The van der Waals surface area contributed by atoms with Crippen LogP contribution in [0.2, 0.25) is 0 Å². The summed E-state index contributed by atoms with van der Waals surface area (Å²) in [4.78, 5) is 17.5. The van der Waals surface area contributed by atoms with Gasteiger partial charge in [-0.15, -0.1) is 22.7 Å². The molecule has 2 N–H and O–H groups in total. The lowest BCUT2D eigenvalue weighted by molar-refractivity contribution is 0.252. The molecule has 3 aromatic rings. The fourth-order valence-electron chi connectivity index (χ4n) is 1.96. The maximum atomic E-state index is 11.8. The van der Waals surface area contributed by atoms with E-state index in [9.17, 15) is 4.79 Å². The number of amides is 2. The quantitative estimate of drug-likeness (QED) is 0.740. The van der Waals surface area contributed by atoms with Gasteiger partial charge in [0.25, 0.3) is 0 Å². The summed E-state index contributed by atoms with van der Waals surface area (Å²) >= 11 is 3.11. The number of nitrogens with one attached hydrogen (secondary N) is 2. The van der Waals surface area contributed by atoms with Gasteiger partial charge >= 0.3 is 6.03 Å². The summed E-state index contributed by atoms with van der Waals surface area (Å²) in [5.41, 5.74) is 2.06. The first-order chi connectivity index (χ1) is 10.7. The molecule has 22 heavy (non-hydrogen) atoms. The molecule has 0 spiro atoms. The van der Waals surface area contributed by atoms with Crippen LogP contribution in [0.15, 0.2) is 47.8 Å². The molecule has 1 aromatic carbocycles. The van der Waals surface area contributed by atoms with Crippen LogP contribution in [0, 0.1) is 6.92 Å². The Kier molecular flexibility index (Phi) is 4.50. The highest BCUT2D eigenvalue weighted by atomic mass is 32.1. The Morgan fingerprint density at radius 1 is 1.18 bits per heavy atom. The summed E-state index contributed by atoms with van der Waals surface area (Å²) in [5.74, 6) is 0. The molecular weight excluding hydrogens is 314 g/mol. The third kappa shape index (κ3) is 3.52. The molecule has 3 rings (SSSR count). The number of aromatic nitrogens is 1. The number of carbonyl (C=O) groups is 1. The van der Waals surface area contributed by atoms with Gasteiger partial charge in [-0.1, -0.05) is 30.3 Å². The van der Waals surface area contributed by atoms with E-state index in [0.29, 0.717) is 6.54 Å². The number of thiazole rings is 1. The molecule has 0 aliphatic carbocycles. The lowest BCUT2D eigenvalue weighted by Crippen LogP contribution is -2.27. The Hall–Kier alpha value is -2.18. The van der Waals surface area contributed by atoms with Gasteiger partial charge in [-0.2, -0.15) is 0 Å². The average Bonchev–Trinajstić information content (AvgIpc) is 3.16. The fourth-order valence-corrected chi connectivity index (χ4v) is 3.58. The molecule has 0 saturated heterocycles. The van der Waals surface area contributed by atoms with E-state index in [1.165, 1.54) is 11.3 Å². The number of thiophene rings is 1. The van der Waals surface area contributed by atoms with Gasteiger partial charge in [-0.05, 0) is 24.4 Å². The van der Waals surface area contributed by atoms with Crippen LogP contribution in [0.4, 0.5) is 9.80 Å². The second-order valence-corrected chi connectivity index (χ2v) is 6.71. The summed E-state index contributed by atoms with van der Waals surface area (Å²) in [5, 5.41) is 9.42. The number of aryl methyl sites for hydroxylation is 1. The van der Waals surface area contributed by atoms with Gasteiger partial charge in [0.2, 0.25) is 0 Å². The normalized spacial score (nSPS) is 10.4. The number of rotatable bonds is 4. The van der Waals surface area contributed by atoms with E-state index in [1.54, 1.807) is 11.3 Å². The Morgan fingerprint density at radius 2 is 2.00 bits per heavy atom. The smallest absolute Gasteiger partial charge is 0.320 e. The van der Waals surface area contributed by atoms with Gasteiger partial charge in [0, 0.05) is 10.4 Å². The van der Waals surface area contributed by atoms with Crippen molar-refractivity contribution in [1.29, 1.82) is 0 Å². The summed E-state index contributed by atoms with van der Waals surface area (Å²) < 4.78 is 0. The third-order valence-corrected chi connectivity index (χ3v) is 5.07. The molecule has 2 heterocycles. The maximum absolute atomic E-state index is 11.8. The Labute approximate surface area is 136 Å². The summed E-state index contributed by atoms with van der Waals surface area (Å²) in [7, 11) is 0. The first-order valence-corrected chi connectivity index (χ1v) is 8.52. The van der Waals surface area contributed by atoms with Crippen molar-refractivity contribution in [3.05, 3.63) is 58.4 Å². The zero-order valence-corrected chi connectivity index (χ0v) is 13.6. The van der Waals surface area contributed by atoms with Gasteiger partial charge < -0.3 is 5.32 Å². The van der Waals surface area contributed by atoms with Crippen LogP contribution in [0.25, 0.3) is 10.6 Å². The van der Waals surface area contributed by atoms with Crippen LogP contribution in [0.3, 0.4) is 0 Å². The molecule has 0 fully saturated rings. The molecule has 4 nitrogen and oxygen atoms in total. The molecule has 6 heteroatoms. The highest BCUT2D eigenvalue weighted by Gasteiger charge is 2.10. The van der Waals surface area contributed by atoms with Gasteiger partial charge in [0.05, 0.1) is 17.2 Å². The van der Waals surface area contributed by atoms with E-state index in [4.69, 9.17) is 0 Å². The molecule has 0 aliphatic rings.